The number of hydrogen-bond donors (Lipinski definition) is 12. The van der Waals surface area contributed by atoms with Gasteiger partial charge in [-0.2, -0.15) is 4.58 Å². The summed E-state index contributed by atoms with van der Waals surface area (Å²) >= 11 is 0.898. The van der Waals surface area contributed by atoms with E-state index in [4.69, 9.17) is 17.2 Å². The van der Waals surface area contributed by atoms with Crippen LogP contribution in [0.5, 0.6) is 5.75 Å². The third-order valence-corrected chi connectivity index (χ3v) is 27.3. The number of nitrogens with two attached hydrogens (primary N) is 3. The lowest BCUT2D eigenvalue weighted by Crippen LogP contribution is -2.61. The highest BCUT2D eigenvalue weighted by atomic mass is 33.1. The molecule has 5 aromatic rings. The number of phenolic OH excluding ortho intramolecular Hbond substituents is 1. The number of allylic oxidation sites excluding steroid dienone is 9. The molecule has 4 aliphatic heterocycles. The minimum atomic E-state index is -1.79. The number of benzene rings is 5. The summed E-state index contributed by atoms with van der Waals surface area (Å²) in [5.74, 6) is -10.3. The maximum atomic E-state index is 15.1. The number of rotatable bonds is 31. The van der Waals surface area contributed by atoms with Crippen LogP contribution in [-0.4, -0.2) is 194 Å². The van der Waals surface area contributed by atoms with Gasteiger partial charge in [0.05, 0.1) is 28.9 Å². The van der Waals surface area contributed by atoms with Gasteiger partial charge in [0.1, 0.15) is 42.5 Å². The summed E-state index contributed by atoms with van der Waals surface area (Å²) in [6.07, 6.45) is 17.7. The molecule has 5 aromatic carbocycles. The highest BCUT2D eigenvalue weighted by molar-refractivity contribution is 8.76. The highest BCUT2D eigenvalue weighted by Crippen LogP contribution is 2.47. The monoisotopic (exact) mass is 1720 g/mol. The van der Waals surface area contributed by atoms with Crippen LogP contribution in [0.2, 0.25) is 0 Å². The molecular formula is C93H116N13O13S3+. The minimum Gasteiger partial charge on any atom is -0.508 e. The van der Waals surface area contributed by atoms with E-state index in [0.29, 0.717) is 31.2 Å². The van der Waals surface area contributed by atoms with E-state index in [2.05, 4.69) is 160 Å². The van der Waals surface area contributed by atoms with Gasteiger partial charge in [-0.05, 0) is 167 Å². The van der Waals surface area contributed by atoms with Crippen LogP contribution in [0.4, 0.5) is 11.4 Å². The van der Waals surface area contributed by atoms with Crippen molar-refractivity contribution in [1.82, 2.24) is 42.1 Å². The van der Waals surface area contributed by atoms with Gasteiger partial charge >= 0.3 is 0 Å². The van der Waals surface area contributed by atoms with E-state index in [1.165, 1.54) is 64.1 Å². The van der Waals surface area contributed by atoms with Crippen molar-refractivity contribution in [2.75, 3.05) is 55.4 Å². The molecule has 1 unspecified atom stereocenters. The highest BCUT2D eigenvalue weighted by Gasteiger charge is 2.46. The van der Waals surface area contributed by atoms with E-state index in [1.807, 2.05) is 36.4 Å². The first-order valence-electron chi connectivity index (χ1n) is 42.2. The number of ketones is 1. The molecule has 122 heavy (non-hydrogen) atoms. The molecule has 29 heteroatoms. The molecular weight excluding hydrogens is 1600 g/mol. The number of likely N-dealkylation sites (tertiary alicyclic amines) is 1. The normalized spacial score (nSPS) is 22.9. The van der Waals surface area contributed by atoms with E-state index in [-0.39, 0.29) is 97.9 Å². The lowest BCUT2D eigenvalue weighted by molar-refractivity contribution is -0.438. The molecule has 0 saturated carbocycles. The van der Waals surface area contributed by atoms with Crippen LogP contribution >= 0.6 is 33.3 Å². The third-order valence-electron chi connectivity index (χ3n) is 23.6. The number of nitrogens with zero attached hydrogens (tertiary/aromatic N) is 3. The van der Waals surface area contributed by atoms with Gasteiger partial charge in [0.15, 0.2) is 11.5 Å². The van der Waals surface area contributed by atoms with Crippen molar-refractivity contribution in [2.45, 2.75) is 202 Å². The Morgan fingerprint density at radius 3 is 2.18 bits per heavy atom. The van der Waals surface area contributed by atoms with Crippen molar-refractivity contribution in [1.29, 1.82) is 0 Å². The Kier molecular flexibility index (Phi) is 32.6. The second-order valence-electron chi connectivity index (χ2n) is 33.3. The number of imide groups is 1. The predicted molar refractivity (Wildman–Crippen MR) is 480 cm³/mol. The summed E-state index contributed by atoms with van der Waals surface area (Å²) < 4.78 is 2.41. The first-order chi connectivity index (χ1) is 58.5. The van der Waals surface area contributed by atoms with Crippen LogP contribution in [0.15, 0.2) is 181 Å². The Morgan fingerprint density at radius 2 is 1.43 bits per heavy atom. The number of carbonyl (C=O) groups excluding carboxylic acids is 11. The number of carbonyl (C=O) groups is 11. The summed E-state index contributed by atoms with van der Waals surface area (Å²) in [6.45, 7) is 11.2. The standard InChI is InChI=1S/C93H115N13O13S3/c1-57(107)83-90(118)102-74(56-122-121-55-72(100-86(114)69(95)50-58-22-9-7-10-23-58)77(109)52-64(49-61-34-40-65(108)41-35-61)85(113)99-71(51-63-39-38-62-26-12-13-27-66(62)63)88(116)98-70(87(115)103-83)30-18-19-44-94)89(117)101-73(84(96)112)54-120-78-53-82(111)106(91(78)119)47-45-97-81(110)33-11-8-20-46-105-76-32-17-15-29-68(76)93(4,5)80(105)43-37-60-25-21-24-59(48-60)36-42-79-92(2,3)67-28-14-16-31-75(67)104(79)6/h7,9-10,12-17,22-23,26-29,31-32,34-37,39-43,48,57,64,69-74,78,83,107H,8,11,18-21,24-25,30,33,38,44-47,49-56,94-95H2,1-6H3,(H9-,96,97,98,99,100,101,102,103,108,110,112,113,114,115,116,117,118)/p+1/t57-,64-,69-,70+,71-,72+,73+,74+,78?,83+/m1/s1. The van der Waals surface area contributed by atoms with Crippen LogP contribution in [-0.2, 0) is 82.8 Å². The van der Waals surface area contributed by atoms with Gasteiger partial charge < -0.3 is 69.5 Å². The summed E-state index contributed by atoms with van der Waals surface area (Å²) in [4.78, 5) is 161. The van der Waals surface area contributed by atoms with Crippen LogP contribution < -0.4 is 59.3 Å². The Labute approximate surface area is 726 Å². The van der Waals surface area contributed by atoms with Crippen molar-refractivity contribution in [3.05, 3.63) is 214 Å². The molecule has 0 spiro atoms. The fourth-order valence-electron chi connectivity index (χ4n) is 16.7. The molecule has 6 aliphatic rings. The molecule has 26 nitrogen and oxygen atoms in total. The Morgan fingerprint density at radius 1 is 0.730 bits per heavy atom. The van der Waals surface area contributed by atoms with Crippen molar-refractivity contribution in [3.8, 4) is 5.75 Å². The Balaban J connectivity index is 0.730. The molecule has 2 fully saturated rings. The lowest BCUT2D eigenvalue weighted by Gasteiger charge is -2.29. The molecule has 15 N–H and O–H groups in total. The van der Waals surface area contributed by atoms with E-state index in [0.717, 1.165) is 99.2 Å². The Bertz CT molecular complexity index is 4890. The number of aliphatic hydroxyl groups excluding tert-OH is 1. The van der Waals surface area contributed by atoms with Crippen LogP contribution in [0.1, 0.15) is 151 Å². The molecule has 0 aromatic heterocycles. The van der Waals surface area contributed by atoms with Gasteiger partial charge in [-0.15, -0.1) is 11.8 Å². The molecule has 4 heterocycles. The smallest absolute Gasteiger partial charge is 0.245 e. The Hall–Kier alpha value is -10.4. The molecule has 2 aliphatic carbocycles. The largest absolute Gasteiger partial charge is 0.508 e. The fourth-order valence-corrected chi connectivity index (χ4v) is 20.2. The van der Waals surface area contributed by atoms with Crippen LogP contribution in [0.25, 0.3) is 5.57 Å². The number of amides is 10. The number of aromatic hydroxyl groups is 1. The predicted octanol–water partition coefficient (Wildman–Crippen LogP) is 7.93. The van der Waals surface area contributed by atoms with E-state index in [9.17, 15) is 48.6 Å². The van der Waals surface area contributed by atoms with Crippen molar-refractivity contribution < 1.29 is 67.5 Å². The van der Waals surface area contributed by atoms with E-state index in [1.54, 1.807) is 36.4 Å². The summed E-state index contributed by atoms with van der Waals surface area (Å²) in [7, 11) is 4.11. The van der Waals surface area contributed by atoms with Gasteiger partial charge in [-0.25, -0.2) is 0 Å². The average molecular weight is 1720 g/mol. The number of aliphatic hydroxyl groups is 1. The van der Waals surface area contributed by atoms with Gasteiger partial charge in [-0.3, -0.25) is 57.6 Å². The number of hydrogen-bond acceptors (Lipinski definition) is 19. The summed E-state index contributed by atoms with van der Waals surface area (Å²) in [6, 6.07) is 29.5. The molecule has 11 rings (SSSR count). The van der Waals surface area contributed by atoms with Gasteiger partial charge in [-0.1, -0.05) is 163 Å². The van der Waals surface area contributed by atoms with Crippen molar-refractivity contribution in [2.24, 2.45) is 23.1 Å². The first-order valence-corrected chi connectivity index (χ1v) is 45.7. The average Bonchev–Trinajstić information content (AvgIpc) is 1.62. The van der Waals surface area contributed by atoms with Crippen LogP contribution in [0, 0.1) is 5.92 Å². The van der Waals surface area contributed by atoms with Crippen molar-refractivity contribution in [3.63, 3.8) is 0 Å². The number of para-hydroxylation sites is 2. The number of thioether (sulfide) groups is 1. The molecule has 0 bridgehead atoms. The van der Waals surface area contributed by atoms with Gasteiger partial charge in [0.25, 0.3) is 0 Å². The molecule has 10 atom stereocenters. The number of unbranched alkanes of at least 4 members (excludes halogenated alkanes) is 3. The zero-order valence-corrected chi connectivity index (χ0v) is 72.8. The summed E-state index contributed by atoms with van der Waals surface area (Å²) in [5.41, 5.74) is 31.9. The summed E-state index contributed by atoms with van der Waals surface area (Å²) in [5, 5.41) is 39.7. The van der Waals surface area contributed by atoms with E-state index < -0.39 is 125 Å². The maximum absolute atomic E-state index is 15.1. The van der Waals surface area contributed by atoms with Crippen molar-refractivity contribution >= 4 is 121 Å². The number of likely N-dealkylation sites (N-methyl/N-ethyl adjacent to an activating group) is 1. The molecule has 0 radical (unpaired) electrons. The number of primary amides is 1. The number of anilines is 1. The number of phenols is 1. The number of Topliss-reactive ketones (excluding diaryl/α,β-unsaturated/α-hetero) is 1. The third kappa shape index (κ3) is 23.9. The fraction of sp³-hybridized carbons (Fsp3) is 0.441. The zero-order valence-electron chi connectivity index (χ0n) is 70.3. The zero-order chi connectivity index (χ0) is 87.4. The number of fused-ring (bicyclic) bond motifs is 3. The first kappa shape index (κ1) is 92.3. The molecule has 10 amide bonds. The SMILES string of the molecule is C[C@@H](O)[C@@H]1NC(=O)[C@H](CCCCN)NC(=O)[C@@H](CC2=CCc3ccccc32)NC(=O)[C@H](Cc2ccc(O)cc2)CC(=O)[C@@H](NC(=O)[C@H](N)Cc2ccccc2)CSSC[C@@H](C(=O)N[C@@H](CSC2CC(=O)N(CCNC(=O)CCCCC[N+]3=C(/C=C/C4=CC(=C/C=C5/N(C)c6ccccc6C5(C)C)/CCC4)C(C)(C)c4ccccc43)C2=O)C(N)=O)NC1=O. The van der Waals surface area contributed by atoms with Gasteiger partial charge in [0.2, 0.25) is 64.8 Å². The van der Waals surface area contributed by atoms with Gasteiger partial charge in [0, 0.05) is 110 Å². The number of nitrogens with one attached hydrogen (secondary N) is 7. The lowest BCUT2D eigenvalue weighted by atomic mass is 9.81. The second kappa shape index (κ2) is 43.1. The maximum Gasteiger partial charge on any atom is 0.245 e. The minimum absolute atomic E-state index is 0.00620. The topological polar surface area (TPSA) is 400 Å². The molecule has 2 saturated heterocycles. The molecule has 648 valence electrons. The van der Waals surface area contributed by atoms with Crippen LogP contribution in [0.3, 0.4) is 0 Å². The quantitative estimate of drug-likeness (QED) is 0.00867. The second-order valence-corrected chi connectivity index (χ2v) is 37.1. The van der Waals surface area contributed by atoms with E-state index >= 15 is 14.4 Å².